The Hall–Kier alpha value is -2.06. The highest BCUT2D eigenvalue weighted by Gasteiger charge is 2.26. The van der Waals surface area contributed by atoms with Crippen LogP contribution in [0.3, 0.4) is 0 Å². The summed E-state index contributed by atoms with van der Waals surface area (Å²) in [6.07, 6.45) is 3.80. The first-order valence-electron chi connectivity index (χ1n) is 8.98. The molecule has 8 heteroatoms. The molecule has 0 aromatic heterocycles. The van der Waals surface area contributed by atoms with Gasteiger partial charge in [0.1, 0.15) is 12.3 Å². The first kappa shape index (κ1) is 20.7. The van der Waals surface area contributed by atoms with Gasteiger partial charge in [-0.05, 0) is 70.6 Å². The fourth-order valence-corrected chi connectivity index (χ4v) is 4.96. The molecule has 1 aliphatic rings. The van der Waals surface area contributed by atoms with Crippen molar-refractivity contribution in [1.82, 2.24) is 5.32 Å². The number of para-hydroxylation sites is 1. The molecule has 0 aliphatic heterocycles. The maximum Gasteiger partial charge on any atom is 0.241 e. The van der Waals surface area contributed by atoms with E-state index in [1.165, 1.54) is 0 Å². The SMILES string of the molecule is COc1ccc2c(c1)CCCC2NC(=O)CN(c1ccccc1Br)S(C)(=O)=O. The molecule has 2 aromatic carbocycles. The summed E-state index contributed by atoms with van der Waals surface area (Å²) < 4.78 is 31.6. The minimum atomic E-state index is -3.62. The van der Waals surface area contributed by atoms with E-state index in [9.17, 15) is 13.2 Å². The summed E-state index contributed by atoms with van der Waals surface area (Å²) in [6.45, 7) is -0.274. The summed E-state index contributed by atoms with van der Waals surface area (Å²) in [5, 5.41) is 3.00. The first-order chi connectivity index (χ1) is 13.3. The molecular weight excluding hydrogens is 444 g/mol. The number of rotatable bonds is 6. The number of methoxy groups -OCH3 is 1. The smallest absolute Gasteiger partial charge is 0.241 e. The predicted octanol–water partition coefficient (Wildman–Crippen LogP) is 3.42. The standard InChI is InChI=1S/C20H23BrN2O4S/c1-27-15-10-11-16-14(12-15)6-5-8-18(16)22-20(24)13-23(28(2,25)26)19-9-4-3-7-17(19)21/h3-4,7,9-12,18H,5-6,8,13H2,1-2H3,(H,22,24). The number of aryl methyl sites for hydroxylation is 1. The third-order valence-corrected chi connectivity index (χ3v) is 6.61. The number of fused-ring (bicyclic) bond motifs is 1. The van der Waals surface area contributed by atoms with Crippen LogP contribution in [-0.2, 0) is 21.2 Å². The number of anilines is 1. The van der Waals surface area contributed by atoms with Crippen LogP contribution in [0.4, 0.5) is 5.69 Å². The Morgan fingerprint density at radius 2 is 2.04 bits per heavy atom. The highest BCUT2D eigenvalue weighted by atomic mass is 79.9. The highest BCUT2D eigenvalue weighted by Crippen LogP contribution is 2.32. The average molecular weight is 467 g/mol. The van der Waals surface area contributed by atoms with Gasteiger partial charge in [0.05, 0.1) is 25.1 Å². The van der Waals surface area contributed by atoms with E-state index >= 15 is 0 Å². The molecule has 0 bridgehead atoms. The predicted molar refractivity (Wildman–Crippen MR) is 113 cm³/mol. The van der Waals surface area contributed by atoms with Crippen LogP contribution in [0.15, 0.2) is 46.9 Å². The van der Waals surface area contributed by atoms with Gasteiger partial charge in [-0.3, -0.25) is 9.10 Å². The van der Waals surface area contributed by atoms with Gasteiger partial charge in [0.25, 0.3) is 0 Å². The highest BCUT2D eigenvalue weighted by molar-refractivity contribution is 9.10. The van der Waals surface area contributed by atoms with E-state index in [1.807, 2.05) is 18.2 Å². The second kappa shape index (κ2) is 8.53. The van der Waals surface area contributed by atoms with Gasteiger partial charge >= 0.3 is 0 Å². The van der Waals surface area contributed by atoms with Crippen molar-refractivity contribution in [1.29, 1.82) is 0 Å². The van der Waals surface area contributed by atoms with Gasteiger partial charge in [0, 0.05) is 4.47 Å². The van der Waals surface area contributed by atoms with E-state index in [-0.39, 0.29) is 18.5 Å². The largest absolute Gasteiger partial charge is 0.497 e. The van der Waals surface area contributed by atoms with Crippen LogP contribution in [-0.4, -0.2) is 34.2 Å². The molecule has 150 valence electrons. The molecule has 2 aromatic rings. The van der Waals surface area contributed by atoms with Gasteiger partial charge in [-0.15, -0.1) is 0 Å². The molecule has 6 nitrogen and oxygen atoms in total. The van der Waals surface area contributed by atoms with Crippen molar-refractivity contribution in [2.24, 2.45) is 0 Å². The van der Waals surface area contributed by atoms with Crippen molar-refractivity contribution >= 4 is 37.5 Å². The zero-order valence-corrected chi connectivity index (χ0v) is 18.2. The zero-order chi connectivity index (χ0) is 20.3. The molecule has 1 N–H and O–H groups in total. The van der Waals surface area contributed by atoms with Gasteiger partial charge in [-0.2, -0.15) is 0 Å². The van der Waals surface area contributed by atoms with Crippen LogP contribution < -0.4 is 14.4 Å². The monoisotopic (exact) mass is 466 g/mol. The van der Waals surface area contributed by atoms with Crippen molar-refractivity contribution in [2.45, 2.75) is 25.3 Å². The second-order valence-corrected chi connectivity index (χ2v) is 9.56. The Morgan fingerprint density at radius 3 is 2.71 bits per heavy atom. The first-order valence-corrected chi connectivity index (χ1v) is 11.6. The number of ether oxygens (including phenoxy) is 1. The summed E-state index contributed by atoms with van der Waals surface area (Å²) in [7, 11) is -1.99. The number of benzene rings is 2. The third kappa shape index (κ3) is 4.67. The number of hydrogen-bond donors (Lipinski definition) is 1. The fraction of sp³-hybridized carbons (Fsp3) is 0.350. The minimum Gasteiger partial charge on any atom is -0.497 e. The average Bonchev–Trinajstić information content (AvgIpc) is 2.66. The molecule has 1 unspecified atom stereocenters. The van der Waals surface area contributed by atoms with E-state index in [0.29, 0.717) is 10.2 Å². The Balaban J connectivity index is 1.79. The van der Waals surface area contributed by atoms with E-state index in [1.54, 1.807) is 31.4 Å². The van der Waals surface area contributed by atoms with Gasteiger partial charge in [0.2, 0.25) is 15.9 Å². The molecule has 28 heavy (non-hydrogen) atoms. The maximum atomic E-state index is 12.7. The van der Waals surface area contributed by atoms with Crippen LogP contribution in [0.25, 0.3) is 0 Å². The number of carbonyl (C=O) groups excluding carboxylic acids is 1. The molecular formula is C20H23BrN2O4S. The Morgan fingerprint density at radius 1 is 1.29 bits per heavy atom. The number of carbonyl (C=O) groups is 1. The molecule has 0 heterocycles. The fourth-order valence-electron chi connectivity index (χ4n) is 3.47. The molecule has 1 atom stereocenters. The van der Waals surface area contributed by atoms with Crippen LogP contribution >= 0.6 is 15.9 Å². The summed E-state index contributed by atoms with van der Waals surface area (Å²) in [4.78, 5) is 12.7. The Labute approximate surface area is 174 Å². The summed E-state index contributed by atoms with van der Waals surface area (Å²) in [5.74, 6) is 0.456. The number of hydrogen-bond acceptors (Lipinski definition) is 4. The van der Waals surface area contributed by atoms with Crippen molar-refractivity contribution in [3.8, 4) is 5.75 Å². The minimum absolute atomic E-state index is 0.136. The molecule has 1 amide bonds. The summed E-state index contributed by atoms with van der Waals surface area (Å²) >= 11 is 3.36. The molecule has 0 saturated carbocycles. The Bertz CT molecular complexity index is 978. The van der Waals surface area contributed by atoms with Crippen LogP contribution in [0, 0.1) is 0 Å². The lowest BCUT2D eigenvalue weighted by Crippen LogP contribution is -2.42. The van der Waals surface area contributed by atoms with E-state index in [2.05, 4.69) is 21.2 Å². The van der Waals surface area contributed by atoms with Gasteiger partial charge in [-0.1, -0.05) is 18.2 Å². The lowest BCUT2D eigenvalue weighted by Gasteiger charge is -2.28. The third-order valence-electron chi connectivity index (χ3n) is 4.81. The van der Waals surface area contributed by atoms with Crippen molar-refractivity contribution in [3.05, 3.63) is 58.1 Å². The van der Waals surface area contributed by atoms with Crippen LogP contribution in [0.5, 0.6) is 5.75 Å². The summed E-state index contributed by atoms with van der Waals surface area (Å²) in [6, 6.07) is 12.7. The lowest BCUT2D eigenvalue weighted by molar-refractivity contribution is -0.120. The van der Waals surface area contributed by atoms with Crippen LogP contribution in [0.2, 0.25) is 0 Å². The Kier molecular flexibility index (Phi) is 6.30. The van der Waals surface area contributed by atoms with Crippen molar-refractivity contribution < 1.29 is 17.9 Å². The zero-order valence-electron chi connectivity index (χ0n) is 15.8. The van der Waals surface area contributed by atoms with Crippen molar-refractivity contribution in [3.63, 3.8) is 0 Å². The number of amides is 1. The van der Waals surface area contributed by atoms with Gasteiger partial charge < -0.3 is 10.1 Å². The molecule has 1 aliphatic carbocycles. The van der Waals surface area contributed by atoms with E-state index < -0.39 is 10.0 Å². The van der Waals surface area contributed by atoms with Crippen LogP contribution in [0.1, 0.15) is 30.0 Å². The molecule has 0 spiro atoms. The topological polar surface area (TPSA) is 75.7 Å². The van der Waals surface area contributed by atoms with Gasteiger partial charge in [0.15, 0.2) is 0 Å². The maximum absolute atomic E-state index is 12.7. The number of nitrogens with one attached hydrogen (secondary N) is 1. The van der Waals surface area contributed by atoms with Crippen molar-refractivity contribution in [2.75, 3.05) is 24.2 Å². The number of halogens is 1. The van der Waals surface area contributed by atoms with E-state index in [4.69, 9.17) is 4.74 Å². The summed E-state index contributed by atoms with van der Waals surface area (Å²) in [5.41, 5.74) is 2.66. The quantitative estimate of drug-likeness (QED) is 0.707. The lowest BCUT2D eigenvalue weighted by atomic mass is 9.87. The number of sulfonamides is 1. The number of nitrogens with zero attached hydrogens (tertiary/aromatic N) is 1. The molecule has 3 rings (SSSR count). The second-order valence-electron chi connectivity index (χ2n) is 6.80. The normalized spacial score (nSPS) is 16.2. The molecule has 0 radical (unpaired) electrons. The van der Waals surface area contributed by atoms with E-state index in [0.717, 1.165) is 46.7 Å². The molecule has 0 saturated heterocycles. The molecule has 0 fully saturated rings. The van der Waals surface area contributed by atoms with Gasteiger partial charge in [-0.25, -0.2) is 8.42 Å².